The largest absolute Gasteiger partial charge is 0.324 e. The first-order valence-corrected chi connectivity index (χ1v) is 6.28. The molecule has 1 aromatic carbocycles. The minimum atomic E-state index is -0.0117. The zero-order valence-electron chi connectivity index (χ0n) is 10.0. The molecule has 1 fully saturated rings. The lowest BCUT2D eigenvalue weighted by Crippen LogP contribution is -2.48. The van der Waals surface area contributed by atoms with E-state index in [2.05, 4.69) is 20.7 Å². The second-order valence-electron chi connectivity index (χ2n) is 4.32. The smallest absolute Gasteiger partial charge is 0.230 e. The summed E-state index contributed by atoms with van der Waals surface area (Å²) >= 11 is 6.18. The van der Waals surface area contributed by atoms with E-state index in [-0.39, 0.29) is 11.8 Å². The van der Waals surface area contributed by atoms with Gasteiger partial charge in [-0.3, -0.25) is 4.79 Å². The van der Waals surface area contributed by atoms with Crippen molar-refractivity contribution in [2.75, 3.05) is 18.4 Å². The lowest BCUT2D eigenvalue weighted by Gasteiger charge is -2.26. The van der Waals surface area contributed by atoms with E-state index in [1.54, 1.807) is 24.5 Å². The van der Waals surface area contributed by atoms with E-state index in [0.29, 0.717) is 29.5 Å². The monoisotopic (exact) mass is 277 g/mol. The van der Waals surface area contributed by atoms with Crippen LogP contribution in [0.4, 0.5) is 5.69 Å². The highest BCUT2D eigenvalue weighted by Gasteiger charge is 2.25. The van der Waals surface area contributed by atoms with Gasteiger partial charge in [0, 0.05) is 13.1 Å². The van der Waals surface area contributed by atoms with Crippen molar-refractivity contribution in [3.63, 3.8) is 0 Å². The van der Waals surface area contributed by atoms with E-state index in [9.17, 15) is 4.79 Å². The highest BCUT2D eigenvalue weighted by atomic mass is 35.5. The second kappa shape index (κ2) is 4.99. The molecular weight excluding hydrogens is 266 g/mol. The number of halogens is 1. The van der Waals surface area contributed by atoms with Crippen LogP contribution in [0.3, 0.4) is 0 Å². The van der Waals surface area contributed by atoms with Crippen molar-refractivity contribution in [2.24, 2.45) is 5.92 Å². The quantitative estimate of drug-likeness (QED) is 0.881. The number of hydrogen-bond donors (Lipinski definition) is 2. The van der Waals surface area contributed by atoms with E-state index in [0.717, 1.165) is 0 Å². The molecule has 0 bridgehead atoms. The van der Waals surface area contributed by atoms with Crippen LogP contribution in [0, 0.1) is 5.92 Å². The van der Waals surface area contributed by atoms with Gasteiger partial charge in [0.1, 0.15) is 18.3 Å². The molecule has 0 spiro atoms. The number of carbonyl (C=O) groups is 1. The van der Waals surface area contributed by atoms with Crippen LogP contribution in [0.15, 0.2) is 30.9 Å². The molecule has 98 valence electrons. The number of aromatic nitrogens is 3. The van der Waals surface area contributed by atoms with Gasteiger partial charge in [0.25, 0.3) is 0 Å². The molecule has 0 saturated carbocycles. The summed E-state index contributed by atoms with van der Waals surface area (Å²) in [4.78, 5) is 15.9. The Morgan fingerprint density at radius 3 is 2.95 bits per heavy atom. The fraction of sp³-hybridized carbons (Fsp3) is 0.250. The van der Waals surface area contributed by atoms with Crippen LogP contribution in [0.25, 0.3) is 5.69 Å². The number of para-hydroxylation sites is 1. The predicted octanol–water partition coefficient (Wildman–Crippen LogP) is 1.08. The summed E-state index contributed by atoms with van der Waals surface area (Å²) in [7, 11) is 0. The van der Waals surface area contributed by atoms with Crippen LogP contribution in [0.5, 0.6) is 0 Å². The molecule has 1 aromatic heterocycles. The summed E-state index contributed by atoms with van der Waals surface area (Å²) in [6, 6.07) is 5.34. The van der Waals surface area contributed by atoms with Crippen molar-refractivity contribution in [3.8, 4) is 5.69 Å². The zero-order chi connectivity index (χ0) is 13.2. The molecule has 1 saturated heterocycles. The third-order valence-electron chi connectivity index (χ3n) is 3.04. The maximum Gasteiger partial charge on any atom is 0.230 e. The number of carbonyl (C=O) groups excluding carboxylic acids is 1. The Morgan fingerprint density at radius 2 is 2.32 bits per heavy atom. The Labute approximate surface area is 114 Å². The van der Waals surface area contributed by atoms with Gasteiger partial charge in [0.2, 0.25) is 5.91 Å². The Morgan fingerprint density at radius 1 is 1.47 bits per heavy atom. The van der Waals surface area contributed by atoms with E-state index < -0.39 is 0 Å². The van der Waals surface area contributed by atoms with Crippen LogP contribution >= 0.6 is 11.6 Å². The molecule has 1 aliphatic heterocycles. The van der Waals surface area contributed by atoms with Crippen LogP contribution < -0.4 is 10.6 Å². The van der Waals surface area contributed by atoms with Crippen molar-refractivity contribution in [2.45, 2.75) is 0 Å². The van der Waals surface area contributed by atoms with E-state index in [1.165, 1.54) is 11.0 Å². The number of nitrogens with one attached hydrogen (secondary N) is 2. The summed E-state index contributed by atoms with van der Waals surface area (Å²) < 4.78 is 1.54. The molecule has 0 radical (unpaired) electrons. The lowest BCUT2D eigenvalue weighted by molar-refractivity contribution is -0.121. The molecule has 1 amide bonds. The van der Waals surface area contributed by atoms with Crippen LogP contribution in [0.2, 0.25) is 5.02 Å². The summed E-state index contributed by atoms with van der Waals surface area (Å²) in [5.74, 6) is 0.00459. The zero-order valence-corrected chi connectivity index (χ0v) is 10.8. The van der Waals surface area contributed by atoms with Crippen molar-refractivity contribution in [3.05, 3.63) is 35.9 Å². The number of benzene rings is 1. The van der Waals surface area contributed by atoms with Gasteiger partial charge in [0.15, 0.2) is 0 Å². The molecule has 2 aromatic rings. The molecule has 3 rings (SSSR count). The van der Waals surface area contributed by atoms with E-state index in [1.807, 2.05) is 0 Å². The average Bonchev–Trinajstić information content (AvgIpc) is 2.79. The van der Waals surface area contributed by atoms with Crippen LogP contribution in [-0.4, -0.2) is 33.8 Å². The molecule has 19 heavy (non-hydrogen) atoms. The predicted molar refractivity (Wildman–Crippen MR) is 71.4 cm³/mol. The van der Waals surface area contributed by atoms with Gasteiger partial charge in [-0.2, -0.15) is 5.10 Å². The first kappa shape index (κ1) is 12.1. The standard InChI is InChI=1S/C12H12ClN5O/c13-9-2-1-3-10(11(9)18-7-15-6-16-18)17-12(19)8-4-14-5-8/h1-3,6-8,14H,4-5H2,(H,17,19). The van der Waals surface area contributed by atoms with Crippen molar-refractivity contribution in [1.82, 2.24) is 20.1 Å². The summed E-state index contributed by atoms with van der Waals surface area (Å²) in [5.41, 5.74) is 1.26. The molecular formula is C12H12ClN5O. The van der Waals surface area contributed by atoms with Gasteiger partial charge in [-0.25, -0.2) is 9.67 Å². The van der Waals surface area contributed by atoms with Crippen LogP contribution in [-0.2, 0) is 4.79 Å². The number of rotatable bonds is 3. The molecule has 6 nitrogen and oxygen atoms in total. The fourth-order valence-corrected chi connectivity index (χ4v) is 2.14. The number of anilines is 1. The van der Waals surface area contributed by atoms with Crippen LogP contribution in [0.1, 0.15) is 0 Å². The molecule has 2 heterocycles. The van der Waals surface area contributed by atoms with Gasteiger partial charge in [-0.05, 0) is 12.1 Å². The first-order chi connectivity index (χ1) is 9.25. The minimum absolute atomic E-state index is 0.0117. The fourth-order valence-electron chi connectivity index (χ4n) is 1.88. The Hall–Kier alpha value is -1.92. The van der Waals surface area contributed by atoms with Crippen molar-refractivity contribution in [1.29, 1.82) is 0 Å². The second-order valence-corrected chi connectivity index (χ2v) is 4.73. The minimum Gasteiger partial charge on any atom is -0.324 e. The van der Waals surface area contributed by atoms with Gasteiger partial charge in [0.05, 0.1) is 16.6 Å². The summed E-state index contributed by atoms with van der Waals surface area (Å²) in [5, 5.41) is 10.5. The molecule has 1 aliphatic rings. The number of amides is 1. The van der Waals surface area contributed by atoms with Gasteiger partial charge in [-0.1, -0.05) is 17.7 Å². The highest BCUT2D eigenvalue weighted by molar-refractivity contribution is 6.33. The van der Waals surface area contributed by atoms with Crippen molar-refractivity contribution >= 4 is 23.2 Å². The molecule has 0 atom stereocenters. The summed E-state index contributed by atoms with van der Waals surface area (Å²) in [6.45, 7) is 1.43. The maximum atomic E-state index is 12.0. The SMILES string of the molecule is O=C(Nc1cccc(Cl)c1-n1cncn1)C1CNC1. The van der Waals surface area contributed by atoms with Gasteiger partial charge in [-0.15, -0.1) is 0 Å². The first-order valence-electron chi connectivity index (χ1n) is 5.91. The number of nitrogens with zero attached hydrogens (tertiary/aromatic N) is 3. The third kappa shape index (κ3) is 2.32. The van der Waals surface area contributed by atoms with Gasteiger partial charge >= 0.3 is 0 Å². The topological polar surface area (TPSA) is 71.8 Å². The molecule has 0 aliphatic carbocycles. The Balaban J connectivity index is 1.92. The Bertz CT molecular complexity index is 594. The van der Waals surface area contributed by atoms with Gasteiger partial charge < -0.3 is 10.6 Å². The van der Waals surface area contributed by atoms with E-state index in [4.69, 9.17) is 11.6 Å². The molecule has 7 heteroatoms. The molecule has 2 N–H and O–H groups in total. The maximum absolute atomic E-state index is 12.0. The average molecular weight is 278 g/mol. The highest BCUT2D eigenvalue weighted by Crippen LogP contribution is 2.28. The van der Waals surface area contributed by atoms with Crippen molar-refractivity contribution < 1.29 is 4.79 Å². The number of hydrogen-bond acceptors (Lipinski definition) is 4. The van der Waals surface area contributed by atoms with E-state index >= 15 is 0 Å². The third-order valence-corrected chi connectivity index (χ3v) is 3.35. The molecule has 0 unspecified atom stereocenters. The summed E-state index contributed by atoms with van der Waals surface area (Å²) in [6.07, 6.45) is 2.96. The lowest BCUT2D eigenvalue weighted by atomic mass is 10.0. The Kier molecular flexibility index (Phi) is 3.18. The normalized spacial score (nSPS) is 15.0.